The van der Waals surface area contributed by atoms with Gasteiger partial charge in [0, 0.05) is 0 Å². The van der Waals surface area contributed by atoms with E-state index in [1.165, 1.54) is 6.20 Å². The highest BCUT2D eigenvalue weighted by Gasteiger charge is 2.18. The summed E-state index contributed by atoms with van der Waals surface area (Å²) < 4.78 is 7.79. The number of benzene rings is 1. The van der Waals surface area contributed by atoms with Crippen molar-refractivity contribution in [3.8, 4) is 0 Å². The van der Waals surface area contributed by atoms with Gasteiger partial charge in [-0.05, 0) is 30.5 Å². The summed E-state index contributed by atoms with van der Waals surface area (Å²) in [6.07, 6.45) is 1.24. The lowest BCUT2D eigenvalue weighted by atomic mass is 10.2. The third-order valence-corrected chi connectivity index (χ3v) is 3.64. The van der Waals surface area contributed by atoms with Gasteiger partial charge in [-0.2, -0.15) is 4.52 Å². The van der Waals surface area contributed by atoms with Gasteiger partial charge in [-0.25, -0.2) is 9.78 Å². The van der Waals surface area contributed by atoms with Crippen molar-refractivity contribution in [2.24, 2.45) is 0 Å². The summed E-state index contributed by atoms with van der Waals surface area (Å²) in [7, 11) is 0. The Hall–Kier alpha value is -3.22. The van der Waals surface area contributed by atoms with Crippen LogP contribution in [0, 0.1) is 0 Å². The third-order valence-electron chi connectivity index (χ3n) is 3.64. The highest BCUT2D eigenvalue weighted by atomic mass is 16.5. The number of hydrogen-bond acceptors (Lipinski definition) is 5. The standard InChI is InChI=1S/C16H12N4O3/c1-2-23-15(22)11-9-17-16-19-12-6-4-3-5-10(12)7-8-13(19)18-20(16)14(11)21/h3-9H,2H2,1H3. The lowest BCUT2D eigenvalue weighted by molar-refractivity contribution is 0.0523. The van der Waals surface area contributed by atoms with Crippen molar-refractivity contribution >= 4 is 28.3 Å². The summed E-state index contributed by atoms with van der Waals surface area (Å²) in [6, 6.07) is 11.5. The number of para-hydroxylation sites is 1. The maximum absolute atomic E-state index is 12.5. The van der Waals surface area contributed by atoms with Crippen molar-refractivity contribution in [2.45, 2.75) is 6.92 Å². The zero-order valence-electron chi connectivity index (χ0n) is 12.3. The smallest absolute Gasteiger partial charge is 0.345 e. The lowest BCUT2D eigenvalue weighted by Gasteiger charge is -2.02. The monoisotopic (exact) mass is 308 g/mol. The van der Waals surface area contributed by atoms with Crippen LogP contribution in [-0.2, 0) is 4.74 Å². The molecule has 3 heterocycles. The fraction of sp³-hybridized carbons (Fsp3) is 0.125. The second-order valence-electron chi connectivity index (χ2n) is 5.00. The van der Waals surface area contributed by atoms with E-state index >= 15 is 0 Å². The summed E-state index contributed by atoms with van der Waals surface area (Å²) >= 11 is 0. The van der Waals surface area contributed by atoms with Gasteiger partial charge in [0.1, 0.15) is 5.56 Å². The second-order valence-corrected chi connectivity index (χ2v) is 5.00. The molecule has 0 bridgehead atoms. The minimum Gasteiger partial charge on any atom is -0.462 e. The Morgan fingerprint density at radius 1 is 1.22 bits per heavy atom. The number of hydrogen-bond donors (Lipinski definition) is 0. The maximum atomic E-state index is 12.5. The third kappa shape index (κ3) is 1.90. The predicted octanol–water partition coefficient (Wildman–Crippen LogP) is 1.67. The van der Waals surface area contributed by atoms with E-state index in [1.807, 2.05) is 30.3 Å². The van der Waals surface area contributed by atoms with Crippen molar-refractivity contribution in [1.29, 1.82) is 0 Å². The van der Waals surface area contributed by atoms with Gasteiger partial charge in [0.25, 0.3) is 5.56 Å². The van der Waals surface area contributed by atoms with Crippen molar-refractivity contribution in [1.82, 2.24) is 19.0 Å². The molecule has 0 atom stereocenters. The highest BCUT2D eigenvalue weighted by Crippen LogP contribution is 2.17. The van der Waals surface area contributed by atoms with Crippen LogP contribution in [0.2, 0.25) is 0 Å². The molecular formula is C16H12N4O3. The molecule has 4 aromatic rings. The minimum absolute atomic E-state index is 0.128. The van der Waals surface area contributed by atoms with Crippen LogP contribution in [0.4, 0.5) is 0 Å². The molecule has 4 rings (SSSR count). The molecular weight excluding hydrogens is 296 g/mol. The number of pyridine rings is 1. The van der Waals surface area contributed by atoms with E-state index in [9.17, 15) is 9.59 Å². The van der Waals surface area contributed by atoms with Crippen molar-refractivity contribution in [3.63, 3.8) is 0 Å². The zero-order chi connectivity index (χ0) is 16.0. The molecule has 1 aromatic carbocycles. The highest BCUT2D eigenvalue weighted by molar-refractivity contribution is 5.89. The molecule has 0 amide bonds. The van der Waals surface area contributed by atoms with Gasteiger partial charge in [0.15, 0.2) is 5.65 Å². The average Bonchev–Trinajstić information content (AvgIpc) is 2.95. The number of fused-ring (bicyclic) bond motifs is 5. The SMILES string of the molecule is CCOC(=O)c1cnc2n(nc3ccc4ccccc4n32)c1=O. The number of ether oxygens (including phenoxy) is 1. The first-order valence-electron chi connectivity index (χ1n) is 7.16. The van der Waals surface area contributed by atoms with Gasteiger partial charge in [0.05, 0.1) is 18.3 Å². The quantitative estimate of drug-likeness (QED) is 0.526. The lowest BCUT2D eigenvalue weighted by Crippen LogP contribution is -2.24. The summed E-state index contributed by atoms with van der Waals surface area (Å²) in [5.74, 6) is -0.337. The fourth-order valence-electron chi connectivity index (χ4n) is 2.61. The molecule has 0 aliphatic heterocycles. The van der Waals surface area contributed by atoms with Crippen LogP contribution < -0.4 is 5.56 Å². The Morgan fingerprint density at radius 3 is 2.87 bits per heavy atom. The minimum atomic E-state index is -0.693. The summed E-state index contributed by atoms with van der Waals surface area (Å²) in [5.41, 5.74) is 0.795. The van der Waals surface area contributed by atoms with Crippen LogP contribution in [0.25, 0.3) is 22.3 Å². The van der Waals surface area contributed by atoms with Crippen LogP contribution in [-0.4, -0.2) is 31.6 Å². The Bertz CT molecular complexity index is 1130. The molecule has 7 nitrogen and oxygen atoms in total. The number of carbonyl (C=O) groups excluding carboxylic acids is 1. The summed E-state index contributed by atoms with van der Waals surface area (Å²) in [5, 5.41) is 5.27. The first kappa shape index (κ1) is 13.4. The largest absolute Gasteiger partial charge is 0.462 e. The molecule has 0 aliphatic rings. The van der Waals surface area contributed by atoms with Crippen LogP contribution in [0.1, 0.15) is 17.3 Å². The Labute approximate surface area is 129 Å². The Kier molecular flexibility index (Phi) is 2.87. The van der Waals surface area contributed by atoms with Gasteiger partial charge in [-0.3, -0.25) is 9.20 Å². The maximum Gasteiger partial charge on any atom is 0.345 e. The van der Waals surface area contributed by atoms with E-state index in [0.717, 1.165) is 15.4 Å². The molecule has 0 aliphatic carbocycles. The molecule has 7 heteroatoms. The molecule has 0 saturated carbocycles. The molecule has 0 unspecified atom stereocenters. The summed E-state index contributed by atoms with van der Waals surface area (Å²) in [6.45, 7) is 1.87. The van der Waals surface area contributed by atoms with Gasteiger partial charge in [-0.1, -0.05) is 18.2 Å². The molecule has 0 radical (unpaired) electrons. The fourth-order valence-corrected chi connectivity index (χ4v) is 2.61. The van der Waals surface area contributed by atoms with Crippen molar-refractivity contribution in [3.05, 3.63) is 58.5 Å². The molecule has 0 spiro atoms. The van der Waals surface area contributed by atoms with E-state index in [-0.39, 0.29) is 12.2 Å². The Balaban J connectivity index is 2.10. The Morgan fingerprint density at radius 2 is 2.04 bits per heavy atom. The number of rotatable bonds is 2. The van der Waals surface area contributed by atoms with Gasteiger partial charge in [0.2, 0.25) is 5.78 Å². The van der Waals surface area contributed by atoms with Crippen LogP contribution in [0.5, 0.6) is 0 Å². The van der Waals surface area contributed by atoms with Crippen molar-refractivity contribution in [2.75, 3.05) is 6.61 Å². The van der Waals surface area contributed by atoms with Gasteiger partial charge < -0.3 is 4.74 Å². The van der Waals surface area contributed by atoms with E-state index in [1.54, 1.807) is 17.4 Å². The first-order chi connectivity index (χ1) is 11.2. The van der Waals surface area contributed by atoms with Crippen LogP contribution >= 0.6 is 0 Å². The second kappa shape index (κ2) is 4.91. The van der Waals surface area contributed by atoms with E-state index < -0.39 is 11.5 Å². The van der Waals surface area contributed by atoms with E-state index in [4.69, 9.17) is 4.74 Å². The average molecular weight is 308 g/mol. The molecule has 114 valence electrons. The summed E-state index contributed by atoms with van der Waals surface area (Å²) in [4.78, 5) is 28.6. The van der Waals surface area contributed by atoms with E-state index in [2.05, 4.69) is 10.1 Å². The normalized spacial score (nSPS) is 11.3. The van der Waals surface area contributed by atoms with Gasteiger partial charge in [-0.15, -0.1) is 5.10 Å². The topological polar surface area (TPSA) is 78.0 Å². The molecule has 3 aromatic heterocycles. The number of carbonyl (C=O) groups is 1. The molecule has 0 N–H and O–H groups in total. The van der Waals surface area contributed by atoms with E-state index in [0.29, 0.717) is 11.4 Å². The number of nitrogens with zero attached hydrogens (tertiary/aromatic N) is 4. The predicted molar refractivity (Wildman–Crippen MR) is 83.7 cm³/mol. The number of esters is 1. The van der Waals surface area contributed by atoms with Gasteiger partial charge >= 0.3 is 5.97 Å². The zero-order valence-corrected chi connectivity index (χ0v) is 12.3. The molecule has 23 heavy (non-hydrogen) atoms. The molecule has 0 fully saturated rings. The van der Waals surface area contributed by atoms with Crippen molar-refractivity contribution < 1.29 is 9.53 Å². The van der Waals surface area contributed by atoms with Crippen LogP contribution in [0.3, 0.4) is 0 Å². The molecule has 0 saturated heterocycles. The van der Waals surface area contributed by atoms with Crippen LogP contribution in [0.15, 0.2) is 47.4 Å². The number of aromatic nitrogens is 4. The first-order valence-corrected chi connectivity index (χ1v) is 7.16.